The summed E-state index contributed by atoms with van der Waals surface area (Å²) in [6.45, 7) is 3.73. The molecule has 0 atom stereocenters. The van der Waals surface area contributed by atoms with Crippen molar-refractivity contribution in [1.82, 2.24) is 4.57 Å². The highest BCUT2D eigenvalue weighted by Crippen LogP contribution is 2.23. The van der Waals surface area contributed by atoms with Gasteiger partial charge in [-0.3, -0.25) is 9.36 Å². The van der Waals surface area contributed by atoms with Crippen molar-refractivity contribution in [2.45, 2.75) is 13.8 Å². The number of ether oxygens (including phenoxy) is 2. The molecule has 0 saturated heterocycles. The first kappa shape index (κ1) is 13.0. The van der Waals surface area contributed by atoms with Crippen molar-refractivity contribution in [3.63, 3.8) is 0 Å². The molecule has 0 aromatic carbocycles. The van der Waals surface area contributed by atoms with Crippen molar-refractivity contribution in [3.8, 4) is 11.5 Å². The van der Waals surface area contributed by atoms with Crippen LogP contribution in [0.5, 0.6) is 11.5 Å². The standard InChI is InChI=1S/C12H16N2O3/c1-5-9(2)13-12-6-10(16-3)11(17-4)7-14(12)8-15/h5-8H,1-4H3/b9-5-,13-12-. The van der Waals surface area contributed by atoms with Crippen molar-refractivity contribution in [1.29, 1.82) is 0 Å². The molecule has 0 aliphatic heterocycles. The van der Waals surface area contributed by atoms with Gasteiger partial charge in [-0.25, -0.2) is 4.99 Å². The Hall–Kier alpha value is -2.04. The van der Waals surface area contributed by atoms with E-state index in [1.807, 2.05) is 19.9 Å². The molecule has 0 bridgehead atoms. The molecule has 0 N–H and O–H groups in total. The monoisotopic (exact) mass is 236 g/mol. The number of carbonyl (C=O) groups excluding carboxylic acids is 1. The Kier molecular flexibility index (Phi) is 4.51. The number of methoxy groups -OCH3 is 2. The zero-order valence-electron chi connectivity index (χ0n) is 10.4. The van der Waals surface area contributed by atoms with Gasteiger partial charge in [0.1, 0.15) is 5.49 Å². The molecule has 0 saturated carbocycles. The minimum absolute atomic E-state index is 0.483. The van der Waals surface area contributed by atoms with E-state index in [2.05, 4.69) is 4.99 Å². The van der Waals surface area contributed by atoms with Gasteiger partial charge in [-0.15, -0.1) is 0 Å². The Morgan fingerprint density at radius 2 is 2.00 bits per heavy atom. The lowest BCUT2D eigenvalue weighted by atomic mass is 10.4. The predicted octanol–water partition coefficient (Wildman–Crippen LogP) is 1.37. The Morgan fingerprint density at radius 1 is 1.35 bits per heavy atom. The smallest absolute Gasteiger partial charge is 0.219 e. The summed E-state index contributed by atoms with van der Waals surface area (Å²) in [6.07, 6.45) is 4.06. The molecule has 0 unspecified atom stereocenters. The molecule has 1 aromatic heterocycles. The summed E-state index contributed by atoms with van der Waals surface area (Å²) >= 11 is 0. The first-order valence-electron chi connectivity index (χ1n) is 5.13. The summed E-state index contributed by atoms with van der Waals surface area (Å²) in [5, 5.41) is 0. The van der Waals surface area contributed by atoms with Gasteiger partial charge in [0.15, 0.2) is 11.5 Å². The fraction of sp³-hybridized carbons (Fsp3) is 0.333. The van der Waals surface area contributed by atoms with Gasteiger partial charge in [0.2, 0.25) is 6.41 Å². The average molecular weight is 236 g/mol. The summed E-state index contributed by atoms with van der Waals surface area (Å²) in [6, 6.07) is 1.65. The van der Waals surface area contributed by atoms with Crippen LogP contribution in [0.3, 0.4) is 0 Å². The van der Waals surface area contributed by atoms with Crippen molar-refractivity contribution >= 4 is 6.41 Å². The zero-order valence-corrected chi connectivity index (χ0v) is 10.4. The average Bonchev–Trinajstić information content (AvgIpc) is 2.37. The van der Waals surface area contributed by atoms with Gasteiger partial charge in [0.25, 0.3) is 0 Å². The molecule has 0 fully saturated rings. The minimum atomic E-state index is 0.483. The normalized spacial score (nSPS) is 12.5. The number of rotatable bonds is 4. The van der Waals surface area contributed by atoms with Crippen LogP contribution in [0.2, 0.25) is 0 Å². The second kappa shape index (κ2) is 5.89. The number of hydrogen-bond acceptors (Lipinski definition) is 4. The number of hydrogen-bond donors (Lipinski definition) is 0. The lowest BCUT2D eigenvalue weighted by Crippen LogP contribution is -2.20. The molecule has 1 rings (SSSR count). The Morgan fingerprint density at radius 3 is 2.47 bits per heavy atom. The van der Waals surface area contributed by atoms with Crippen molar-refractivity contribution < 1.29 is 14.3 Å². The maximum Gasteiger partial charge on any atom is 0.219 e. The first-order chi connectivity index (χ1) is 8.15. The van der Waals surface area contributed by atoms with E-state index in [9.17, 15) is 4.79 Å². The molecule has 92 valence electrons. The van der Waals surface area contributed by atoms with Crippen LogP contribution >= 0.6 is 0 Å². The van der Waals surface area contributed by atoms with Gasteiger partial charge in [-0.2, -0.15) is 0 Å². The van der Waals surface area contributed by atoms with Crippen LogP contribution in [-0.4, -0.2) is 25.2 Å². The van der Waals surface area contributed by atoms with Crippen molar-refractivity contribution in [2.75, 3.05) is 14.2 Å². The fourth-order valence-corrected chi connectivity index (χ4v) is 1.25. The van der Waals surface area contributed by atoms with Crippen LogP contribution < -0.4 is 15.0 Å². The van der Waals surface area contributed by atoms with E-state index in [0.717, 1.165) is 5.70 Å². The van der Waals surface area contributed by atoms with Gasteiger partial charge in [-0.1, -0.05) is 6.08 Å². The second-order valence-electron chi connectivity index (χ2n) is 3.32. The topological polar surface area (TPSA) is 52.8 Å². The molecule has 0 amide bonds. The van der Waals surface area contributed by atoms with E-state index >= 15 is 0 Å². The van der Waals surface area contributed by atoms with Crippen molar-refractivity contribution in [2.24, 2.45) is 4.99 Å². The van der Waals surface area contributed by atoms with Crippen LogP contribution in [0.15, 0.2) is 29.0 Å². The lowest BCUT2D eigenvalue weighted by Gasteiger charge is -2.09. The van der Waals surface area contributed by atoms with Crippen molar-refractivity contribution in [3.05, 3.63) is 29.5 Å². The summed E-state index contributed by atoms with van der Waals surface area (Å²) in [5.41, 5.74) is 1.31. The van der Waals surface area contributed by atoms with Gasteiger partial charge in [0.05, 0.1) is 20.4 Å². The SMILES string of the molecule is C/C=C(C)\N=c1\cc(OC)c(OC)cn1C=O. The molecule has 17 heavy (non-hydrogen) atoms. The highest BCUT2D eigenvalue weighted by molar-refractivity contribution is 5.54. The van der Waals surface area contributed by atoms with Crippen LogP contribution in [0.1, 0.15) is 13.8 Å². The van der Waals surface area contributed by atoms with Crippen LogP contribution in [-0.2, 0) is 4.79 Å². The van der Waals surface area contributed by atoms with Crippen LogP contribution in [0, 0.1) is 0 Å². The summed E-state index contributed by atoms with van der Waals surface area (Å²) in [7, 11) is 3.05. The highest BCUT2D eigenvalue weighted by atomic mass is 16.5. The Balaban J connectivity index is 3.49. The Bertz CT molecular complexity index is 501. The first-order valence-corrected chi connectivity index (χ1v) is 5.13. The molecule has 0 aliphatic rings. The van der Waals surface area contributed by atoms with E-state index in [4.69, 9.17) is 9.47 Å². The second-order valence-corrected chi connectivity index (χ2v) is 3.32. The van der Waals surface area contributed by atoms with E-state index in [1.165, 1.54) is 25.0 Å². The molecule has 0 aliphatic carbocycles. The van der Waals surface area contributed by atoms with E-state index in [0.29, 0.717) is 23.4 Å². The summed E-state index contributed by atoms with van der Waals surface area (Å²) in [4.78, 5) is 15.2. The van der Waals surface area contributed by atoms with E-state index in [1.54, 1.807) is 6.07 Å². The van der Waals surface area contributed by atoms with Gasteiger partial charge in [0, 0.05) is 11.8 Å². The third kappa shape index (κ3) is 2.96. The van der Waals surface area contributed by atoms with Crippen LogP contribution in [0.4, 0.5) is 0 Å². The predicted molar refractivity (Wildman–Crippen MR) is 64.7 cm³/mol. The number of aromatic nitrogens is 1. The molecular weight excluding hydrogens is 220 g/mol. The zero-order chi connectivity index (χ0) is 12.8. The summed E-state index contributed by atoms with van der Waals surface area (Å²) in [5.74, 6) is 1.02. The Labute approximate surface area is 100 Å². The van der Waals surface area contributed by atoms with E-state index in [-0.39, 0.29) is 0 Å². The maximum atomic E-state index is 11.0. The number of allylic oxidation sites excluding steroid dienone is 2. The third-order valence-corrected chi connectivity index (χ3v) is 2.29. The molecule has 5 nitrogen and oxygen atoms in total. The van der Waals surface area contributed by atoms with Crippen LogP contribution in [0.25, 0.3) is 0 Å². The van der Waals surface area contributed by atoms with E-state index < -0.39 is 0 Å². The number of carbonyl (C=O) groups is 1. The molecule has 0 spiro atoms. The largest absolute Gasteiger partial charge is 0.493 e. The van der Waals surface area contributed by atoms with Gasteiger partial charge >= 0.3 is 0 Å². The molecular formula is C12H16N2O3. The minimum Gasteiger partial charge on any atom is -0.493 e. The van der Waals surface area contributed by atoms with Gasteiger partial charge < -0.3 is 9.47 Å². The molecule has 5 heteroatoms. The quantitative estimate of drug-likeness (QED) is 0.742. The molecule has 0 radical (unpaired) electrons. The lowest BCUT2D eigenvalue weighted by molar-refractivity contribution is 0.351. The molecule has 1 heterocycles. The molecule has 1 aromatic rings. The number of nitrogens with zero attached hydrogens (tertiary/aromatic N) is 2. The maximum absolute atomic E-state index is 11.0. The fourth-order valence-electron chi connectivity index (χ4n) is 1.25. The van der Waals surface area contributed by atoms with Gasteiger partial charge in [-0.05, 0) is 13.8 Å². The summed E-state index contributed by atoms with van der Waals surface area (Å²) < 4.78 is 11.6. The highest BCUT2D eigenvalue weighted by Gasteiger charge is 2.05. The third-order valence-electron chi connectivity index (χ3n) is 2.29. The number of pyridine rings is 1.